The van der Waals surface area contributed by atoms with Crippen LogP contribution in [0, 0.1) is 5.82 Å². The Morgan fingerprint density at radius 2 is 2.00 bits per heavy atom. The molecule has 1 aromatic carbocycles. The second-order valence-electron chi connectivity index (χ2n) is 5.67. The molecule has 2 heterocycles. The summed E-state index contributed by atoms with van der Waals surface area (Å²) < 4.78 is 15.1. The molecule has 0 saturated carbocycles. The Labute approximate surface area is 130 Å². The van der Waals surface area contributed by atoms with Crippen LogP contribution < -0.4 is 10.6 Å². The van der Waals surface area contributed by atoms with Crippen LogP contribution >= 0.6 is 0 Å². The van der Waals surface area contributed by atoms with Gasteiger partial charge in [0.25, 0.3) is 0 Å². The molecule has 0 amide bonds. The number of piperazine rings is 1. The van der Waals surface area contributed by atoms with Crippen LogP contribution in [-0.4, -0.2) is 40.9 Å². The summed E-state index contributed by atoms with van der Waals surface area (Å²) >= 11 is 0. The number of halogens is 1. The normalized spacial score (nSPS) is 16.2. The van der Waals surface area contributed by atoms with Crippen molar-refractivity contribution in [2.45, 2.75) is 20.0 Å². The molecule has 2 aromatic rings. The second kappa shape index (κ2) is 6.36. The van der Waals surface area contributed by atoms with Gasteiger partial charge < -0.3 is 10.6 Å². The Kier molecular flexibility index (Phi) is 4.29. The van der Waals surface area contributed by atoms with Crippen LogP contribution in [0.5, 0.6) is 0 Å². The Hall–Kier alpha value is -2.08. The summed E-state index contributed by atoms with van der Waals surface area (Å²) in [6.07, 6.45) is 4.04. The average molecular weight is 303 g/mol. The lowest BCUT2D eigenvalue weighted by Gasteiger charge is -2.36. The van der Waals surface area contributed by atoms with E-state index in [1.165, 1.54) is 17.7 Å². The maximum atomic E-state index is 13.1. The molecule has 1 aliphatic heterocycles. The van der Waals surface area contributed by atoms with Gasteiger partial charge >= 0.3 is 0 Å². The van der Waals surface area contributed by atoms with Crippen molar-refractivity contribution in [3.8, 4) is 0 Å². The van der Waals surface area contributed by atoms with E-state index in [1.807, 2.05) is 10.9 Å². The monoisotopic (exact) mass is 303 g/mol. The Bertz CT molecular complexity index is 631. The van der Waals surface area contributed by atoms with Crippen molar-refractivity contribution in [2.75, 3.05) is 36.8 Å². The molecule has 0 spiro atoms. The Morgan fingerprint density at radius 1 is 1.23 bits per heavy atom. The van der Waals surface area contributed by atoms with Crippen molar-refractivity contribution in [1.29, 1.82) is 0 Å². The minimum Gasteiger partial charge on any atom is -0.397 e. The van der Waals surface area contributed by atoms with Crippen molar-refractivity contribution in [3.63, 3.8) is 0 Å². The molecule has 0 aliphatic carbocycles. The van der Waals surface area contributed by atoms with Gasteiger partial charge in [-0.15, -0.1) is 0 Å². The number of hydrogen-bond donors (Lipinski definition) is 1. The number of nitrogens with two attached hydrogens (primary N) is 1. The van der Waals surface area contributed by atoms with Gasteiger partial charge in [0, 0.05) is 51.0 Å². The van der Waals surface area contributed by atoms with E-state index >= 15 is 0 Å². The lowest BCUT2D eigenvalue weighted by atomic mass is 10.2. The summed E-state index contributed by atoms with van der Waals surface area (Å²) in [7, 11) is 0. The first-order valence-electron chi connectivity index (χ1n) is 7.69. The van der Waals surface area contributed by atoms with Crippen molar-refractivity contribution < 1.29 is 4.39 Å². The van der Waals surface area contributed by atoms with Crippen molar-refractivity contribution in [2.24, 2.45) is 0 Å². The molecule has 0 atom stereocenters. The van der Waals surface area contributed by atoms with E-state index in [1.54, 1.807) is 6.07 Å². The molecule has 2 N–H and O–H groups in total. The van der Waals surface area contributed by atoms with Crippen LogP contribution in [0.15, 0.2) is 30.6 Å². The molecule has 118 valence electrons. The Morgan fingerprint density at radius 3 is 2.64 bits per heavy atom. The number of aryl methyl sites for hydroxylation is 1. The lowest BCUT2D eigenvalue weighted by molar-refractivity contribution is 0.250. The summed E-state index contributed by atoms with van der Waals surface area (Å²) in [4.78, 5) is 4.63. The van der Waals surface area contributed by atoms with Crippen molar-refractivity contribution in [3.05, 3.63) is 42.0 Å². The van der Waals surface area contributed by atoms with Crippen molar-refractivity contribution in [1.82, 2.24) is 14.7 Å². The van der Waals surface area contributed by atoms with E-state index in [0.29, 0.717) is 5.69 Å². The highest BCUT2D eigenvalue weighted by Crippen LogP contribution is 2.25. The first kappa shape index (κ1) is 14.8. The van der Waals surface area contributed by atoms with Crippen LogP contribution in [-0.2, 0) is 13.1 Å². The van der Waals surface area contributed by atoms with E-state index < -0.39 is 0 Å². The quantitative estimate of drug-likeness (QED) is 0.877. The van der Waals surface area contributed by atoms with Crippen LogP contribution in [0.4, 0.5) is 15.8 Å². The summed E-state index contributed by atoms with van der Waals surface area (Å²) in [6, 6.07) is 4.63. The Balaban J connectivity index is 1.58. The molecule has 0 bridgehead atoms. The molecule has 1 saturated heterocycles. The fraction of sp³-hybridized carbons (Fsp3) is 0.438. The van der Waals surface area contributed by atoms with Gasteiger partial charge in [0.2, 0.25) is 0 Å². The molecular weight excluding hydrogens is 281 g/mol. The maximum Gasteiger partial charge on any atom is 0.125 e. The topological polar surface area (TPSA) is 50.3 Å². The molecule has 0 unspecified atom stereocenters. The standard InChI is InChI=1S/C16H22FN5/c1-2-22-12-13(10-19-22)11-20-5-7-21(8-6-20)16-4-3-14(17)9-15(16)18/h3-4,9-10,12H,2,5-8,11,18H2,1H3. The lowest BCUT2D eigenvalue weighted by Crippen LogP contribution is -2.46. The fourth-order valence-corrected chi connectivity index (χ4v) is 2.88. The summed E-state index contributed by atoms with van der Waals surface area (Å²) in [5.41, 5.74) is 8.61. The zero-order valence-corrected chi connectivity index (χ0v) is 12.9. The third kappa shape index (κ3) is 3.22. The van der Waals surface area contributed by atoms with Crippen LogP contribution in [0.1, 0.15) is 12.5 Å². The zero-order valence-electron chi connectivity index (χ0n) is 12.9. The molecular formula is C16H22FN5. The SMILES string of the molecule is CCn1cc(CN2CCN(c3ccc(F)cc3N)CC2)cn1. The second-order valence-corrected chi connectivity index (χ2v) is 5.67. The highest BCUT2D eigenvalue weighted by Gasteiger charge is 2.19. The van der Waals surface area contributed by atoms with Gasteiger partial charge in [-0.05, 0) is 25.1 Å². The van der Waals surface area contributed by atoms with Gasteiger partial charge in [0.05, 0.1) is 17.6 Å². The first-order chi connectivity index (χ1) is 10.7. The predicted octanol–water partition coefficient (Wildman–Crippen LogP) is 1.95. The third-order valence-corrected chi connectivity index (χ3v) is 4.12. The average Bonchev–Trinajstić information content (AvgIpc) is 2.96. The molecule has 3 rings (SSSR count). The minimum absolute atomic E-state index is 0.284. The highest BCUT2D eigenvalue weighted by atomic mass is 19.1. The van der Waals surface area contributed by atoms with Gasteiger partial charge in [-0.3, -0.25) is 9.58 Å². The van der Waals surface area contributed by atoms with Crippen LogP contribution in [0.25, 0.3) is 0 Å². The predicted molar refractivity (Wildman–Crippen MR) is 86.2 cm³/mol. The number of aromatic nitrogens is 2. The van der Waals surface area contributed by atoms with Crippen LogP contribution in [0.3, 0.4) is 0 Å². The van der Waals surface area contributed by atoms with Gasteiger partial charge in [-0.1, -0.05) is 0 Å². The smallest absolute Gasteiger partial charge is 0.125 e. The first-order valence-corrected chi connectivity index (χ1v) is 7.69. The maximum absolute atomic E-state index is 13.1. The van der Waals surface area contributed by atoms with E-state index in [4.69, 9.17) is 5.73 Å². The summed E-state index contributed by atoms with van der Waals surface area (Å²) in [5.74, 6) is -0.284. The molecule has 22 heavy (non-hydrogen) atoms. The minimum atomic E-state index is -0.284. The molecule has 1 aliphatic rings. The zero-order chi connectivity index (χ0) is 15.5. The van der Waals surface area contributed by atoms with Gasteiger partial charge in [-0.25, -0.2) is 4.39 Å². The molecule has 6 heteroatoms. The number of anilines is 2. The summed E-state index contributed by atoms with van der Waals surface area (Å²) in [5, 5.41) is 4.31. The molecule has 1 aromatic heterocycles. The summed E-state index contributed by atoms with van der Waals surface area (Å²) in [6.45, 7) is 7.64. The van der Waals surface area contributed by atoms with Gasteiger partial charge in [0.15, 0.2) is 0 Å². The van der Waals surface area contributed by atoms with E-state index in [-0.39, 0.29) is 5.82 Å². The fourth-order valence-electron chi connectivity index (χ4n) is 2.88. The highest BCUT2D eigenvalue weighted by molar-refractivity contribution is 5.67. The van der Waals surface area contributed by atoms with E-state index in [9.17, 15) is 4.39 Å². The van der Waals surface area contributed by atoms with Crippen LogP contribution in [0.2, 0.25) is 0 Å². The molecule has 1 fully saturated rings. The van der Waals surface area contributed by atoms with Gasteiger partial charge in [-0.2, -0.15) is 5.10 Å². The van der Waals surface area contributed by atoms with Gasteiger partial charge in [0.1, 0.15) is 5.82 Å². The number of hydrogen-bond acceptors (Lipinski definition) is 4. The van der Waals surface area contributed by atoms with E-state index in [0.717, 1.165) is 45.0 Å². The molecule has 5 nitrogen and oxygen atoms in total. The van der Waals surface area contributed by atoms with Crippen molar-refractivity contribution >= 4 is 11.4 Å². The number of nitrogens with zero attached hydrogens (tertiary/aromatic N) is 4. The molecule has 0 radical (unpaired) electrons. The number of benzene rings is 1. The number of nitrogen functional groups attached to an aromatic ring is 1. The third-order valence-electron chi connectivity index (χ3n) is 4.12. The largest absolute Gasteiger partial charge is 0.397 e. The van der Waals surface area contributed by atoms with E-state index in [2.05, 4.69) is 28.0 Å². The number of rotatable bonds is 4.